The van der Waals surface area contributed by atoms with Crippen LogP contribution in [0.3, 0.4) is 0 Å². The number of hydrogen-bond donors (Lipinski definition) is 0. The van der Waals surface area contributed by atoms with Crippen LogP contribution in [0.25, 0.3) is 0 Å². The molecule has 0 aromatic carbocycles. The first-order valence-electron chi connectivity index (χ1n) is 8.66. The highest BCUT2D eigenvalue weighted by Gasteiger charge is 2.38. The summed E-state index contributed by atoms with van der Waals surface area (Å²) in [4.78, 5) is 14.9. The fourth-order valence-electron chi connectivity index (χ4n) is 4.17. The molecule has 0 aromatic rings. The van der Waals surface area contributed by atoms with E-state index in [1.807, 2.05) is 0 Å². The maximum absolute atomic E-state index is 12.6. The van der Waals surface area contributed by atoms with Crippen LogP contribution in [0.1, 0.15) is 83.5 Å². The fraction of sp³-hybridized carbons (Fsp3) is 0.941. The lowest BCUT2D eigenvalue weighted by Gasteiger charge is -2.30. The molecule has 0 atom stereocenters. The molecule has 3 fully saturated rings. The zero-order valence-corrected chi connectivity index (χ0v) is 12.3. The molecule has 3 saturated carbocycles. The molecule has 0 unspecified atom stereocenters. The molecule has 0 N–H and O–H groups in total. The second kappa shape index (κ2) is 6.28. The third-order valence-corrected chi connectivity index (χ3v) is 5.44. The van der Waals surface area contributed by atoms with Gasteiger partial charge in [0, 0.05) is 18.5 Å². The third kappa shape index (κ3) is 3.52. The van der Waals surface area contributed by atoms with Crippen molar-refractivity contribution in [2.45, 2.75) is 95.6 Å². The van der Waals surface area contributed by atoms with E-state index in [-0.39, 0.29) is 0 Å². The zero-order chi connectivity index (χ0) is 13.1. The highest BCUT2D eigenvalue weighted by atomic mass is 16.2. The van der Waals surface area contributed by atoms with Gasteiger partial charge in [-0.05, 0) is 38.0 Å². The average molecular weight is 263 g/mol. The Morgan fingerprint density at radius 2 is 1.37 bits per heavy atom. The average Bonchev–Trinajstić information content (AvgIpc) is 3.12. The van der Waals surface area contributed by atoms with Crippen molar-refractivity contribution in [3.05, 3.63) is 0 Å². The van der Waals surface area contributed by atoms with Crippen LogP contribution in [0.4, 0.5) is 0 Å². The maximum Gasteiger partial charge on any atom is 0.223 e. The molecule has 3 aliphatic rings. The van der Waals surface area contributed by atoms with Crippen LogP contribution in [-0.4, -0.2) is 22.9 Å². The van der Waals surface area contributed by atoms with Gasteiger partial charge in [-0.25, -0.2) is 0 Å². The van der Waals surface area contributed by atoms with Crippen molar-refractivity contribution in [1.82, 2.24) is 4.90 Å². The van der Waals surface area contributed by atoms with Crippen LogP contribution >= 0.6 is 0 Å². The van der Waals surface area contributed by atoms with Crippen LogP contribution < -0.4 is 0 Å². The number of rotatable bonds is 5. The SMILES string of the molecule is O=C(CCC1CCCCC1)N(C1CCCC1)C1CC1. The van der Waals surface area contributed by atoms with Crippen molar-refractivity contribution in [1.29, 1.82) is 0 Å². The Morgan fingerprint density at radius 3 is 2.00 bits per heavy atom. The first-order valence-corrected chi connectivity index (χ1v) is 8.66. The van der Waals surface area contributed by atoms with E-state index >= 15 is 0 Å². The largest absolute Gasteiger partial charge is 0.337 e. The highest BCUT2D eigenvalue weighted by Crippen LogP contribution is 2.36. The minimum absolute atomic E-state index is 0.486. The molecule has 0 radical (unpaired) electrons. The molecule has 3 rings (SSSR count). The van der Waals surface area contributed by atoms with Crippen molar-refractivity contribution in [3.8, 4) is 0 Å². The van der Waals surface area contributed by atoms with E-state index in [4.69, 9.17) is 0 Å². The summed E-state index contributed by atoms with van der Waals surface area (Å²) in [5, 5.41) is 0. The van der Waals surface area contributed by atoms with E-state index in [2.05, 4.69) is 4.90 Å². The number of carbonyl (C=O) groups excluding carboxylic acids is 1. The molecule has 0 bridgehead atoms. The lowest BCUT2D eigenvalue weighted by atomic mass is 9.86. The number of carbonyl (C=O) groups is 1. The monoisotopic (exact) mass is 263 g/mol. The summed E-state index contributed by atoms with van der Waals surface area (Å²) in [5.74, 6) is 1.34. The summed E-state index contributed by atoms with van der Waals surface area (Å²) < 4.78 is 0. The number of amides is 1. The van der Waals surface area contributed by atoms with Gasteiger partial charge in [0.05, 0.1) is 0 Å². The summed E-state index contributed by atoms with van der Waals surface area (Å²) in [6, 6.07) is 1.23. The summed E-state index contributed by atoms with van der Waals surface area (Å²) >= 11 is 0. The van der Waals surface area contributed by atoms with Gasteiger partial charge < -0.3 is 4.90 Å². The van der Waals surface area contributed by atoms with E-state index < -0.39 is 0 Å². The van der Waals surface area contributed by atoms with E-state index in [0.29, 0.717) is 18.0 Å². The summed E-state index contributed by atoms with van der Waals surface area (Å²) in [7, 11) is 0. The van der Waals surface area contributed by atoms with Gasteiger partial charge in [-0.15, -0.1) is 0 Å². The van der Waals surface area contributed by atoms with Crippen molar-refractivity contribution < 1.29 is 4.79 Å². The zero-order valence-electron chi connectivity index (χ0n) is 12.3. The fourth-order valence-corrected chi connectivity index (χ4v) is 4.17. The van der Waals surface area contributed by atoms with E-state index in [1.165, 1.54) is 70.6 Å². The molecule has 0 saturated heterocycles. The third-order valence-electron chi connectivity index (χ3n) is 5.44. The lowest BCUT2D eigenvalue weighted by molar-refractivity contribution is -0.134. The molecule has 3 aliphatic carbocycles. The number of hydrogen-bond acceptors (Lipinski definition) is 1. The molecule has 0 aliphatic heterocycles. The van der Waals surface area contributed by atoms with Gasteiger partial charge in [-0.1, -0.05) is 44.9 Å². The van der Waals surface area contributed by atoms with Crippen molar-refractivity contribution in [2.75, 3.05) is 0 Å². The predicted molar refractivity (Wildman–Crippen MR) is 77.9 cm³/mol. The Kier molecular flexibility index (Phi) is 4.45. The van der Waals surface area contributed by atoms with E-state index in [0.717, 1.165) is 18.8 Å². The number of nitrogens with zero attached hydrogens (tertiary/aromatic N) is 1. The topological polar surface area (TPSA) is 20.3 Å². The van der Waals surface area contributed by atoms with Crippen LogP contribution in [0.2, 0.25) is 0 Å². The minimum atomic E-state index is 0.486. The molecule has 2 nitrogen and oxygen atoms in total. The molecule has 0 heterocycles. The van der Waals surface area contributed by atoms with Gasteiger partial charge >= 0.3 is 0 Å². The van der Waals surface area contributed by atoms with Gasteiger partial charge in [0.25, 0.3) is 0 Å². The molecule has 0 spiro atoms. The summed E-state index contributed by atoms with van der Waals surface area (Å²) in [6.07, 6.45) is 16.7. The van der Waals surface area contributed by atoms with Gasteiger partial charge in [-0.3, -0.25) is 4.79 Å². The van der Waals surface area contributed by atoms with Crippen LogP contribution in [-0.2, 0) is 4.79 Å². The Balaban J connectivity index is 1.49. The first kappa shape index (κ1) is 13.5. The molecule has 19 heavy (non-hydrogen) atoms. The smallest absolute Gasteiger partial charge is 0.223 e. The van der Waals surface area contributed by atoms with Gasteiger partial charge in [0.1, 0.15) is 0 Å². The quantitative estimate of drug-likeness (QED) is 0.725. The van der Waals surface area contributed by atoms with Gasteiger partial charge in [0.15, 0.2) is 0 Å². The summed E-state index contributed by atoms with van der Waals surface area (Å²) in [5.41, 5.74) is 0. The molecule has 108 valence electrons. The predicted octanol–water partition coefficient (Wildman–Crippen LogP) is 4.28. The van der Waals surface area contributed by atoms with Gasteiger partial charge in [-0.2, -0.15) is 0 Å². The van der Waals surface area contributed by atoms with E-state index in [9.17, 15) is 4.79 Å². The lowest BCUT2D eigenvalue weighted by Crippen LogP contribution is -2.40. The second-order valence-electron chi connectivity index (χ2n) is 7.01. The van der Waals surface area contributed by atoms with Gasteiger partial charge in [0.2, 0.25) is 5.91 Å². The highest BCUT2D eigenvalue weighted by molar-refractivity contribution is 5.77. The van der Waals surface area contributed by atoms with Crippen LogP contribution in [0.15, 0.2) is 0 Å². The minimum Gasteiger partial charge on any atom is -0.337 e. The molecular formula is C17H29NO. The van der Waals surface area contributed by atoms with Crippen molar-refractivity contribution in [3.63, 3.8) is 0 Å². The molecular weight excluding hydrogens is 234 g/mol. The van der Waals surface area contributed by atoms with Crippen molar-refractivity contribution in [2.24, 2.45) is 5.92 Å². The Hall–Kier alpha value is -0.530. The molecule has 1 amide bonds. The normalized spacial score (nSPS) is 25.7. The Morgan fingerprint density at radius 1 is 0.789 bits per heavy atom. The molecule has 2 heteroatoms. The molecule has 0 aromatic heterocycles. The van der Waals surface area contributed by atoms with Crippen LogP contribution in [0.5, 0.6) is 0 Å². The first-order chi connectivity index (χ1) is 9.34. The Bertz CT molecular complexity index is 298. The van der Waals surface area contributed by atoms with Crippen LogP contribution in [0, 0.1) is 5.92 Å². The van der Waals surface area contributed by atoms with E-state index in [1.54, 1.807) is 0 Å². The van der Waals surface area contributed by atoms with Crippen molar-refractivity contribution >= 4 is 5.91 Å². The second-order valence-corrected chi connectivity index (χ2v) is 7.01. The summed E-state index contributed by atoms with van der Waals surface area (Å²) in [6.45, 7) is 0. The standard InChI is InChI=1S/C17H29NO/c19-17(13-10-14-6-2-1-3-7-14)18(16-11-12-16)15-8-4-5-9-15/h14-16H,1-13H2. The maximum atomic E-state index is 12.6. The Labute approximate surface area is 117 Å².